The van der Waals surface area contributed by atoms with E-state index in [1.165, 1.54) is 24.8 Å². The molecule has 3 aliphatic rings. The molecule has 4 nitrogen and oxygen atoms in total. The fraction of sp³-hybridized carbons (Fsp3) is 0.625. The number of esters is 1. The van der Waals surface area contributed by atoms with Crippen LogP contribution in [0.3, 0.4) is 0 Å². The molecule has 0 aromatic heterocycles. The zero-order chi connectivity index (χ0) is 19.9. The lowest BCUT2D eigenvalue weighted by molar-refractivity contribution is -0.156. The second-order valence-electron chi connectivity index (χ2n) is 9.44. The highest BCUT2D eigenvalue weighted by Crippen LogP contribution is 2.60. The molecule has 0 spiro atoms. The number of carbonyl (C=O) groups excluding carboxylic acids is 1. The monoisotopic (exact) mass is 384 g/mol. The van der Waals surface area contributed by atoms with E-state index in [9.17, 15) is 4.79 Å². The van der Waals surface area contributed by atoms with Gasteiger partial charge in [0.25, 0.3) is 0 Å². The van der Waals surface area contributed by atoms with Gasteiger partial charge in [-0.05, 0) is 55.7 Å². The molecule has 4 heteroatoms. The minimum absolute atomic E-state index is 0.0274. The minimum Gasteiger partial charge on any atom is -0.457 e. The standard InChI is InChI=1S/C24H32O4/c1-15(2)12-18-21(24(18,3)4)23(25)28-22(16-8-6-5-7-9-16)17-10-11-19-20(13-17)27-14-26-19/h10-13,16,18,21-22H,5-9,14H2,1-4H3. The number of rotatable bonds is 5. The summed E-state index contributed by atoms with van der Waals surface area (Å²) in [5.74, 6) is 2.06. The first-order chi connectivity index (χ1) is 13.4. The van der Waals surface area contributed by atoms with Gasteiger partial charge in [-0.3, -0.25) is 4.79 Å². The predicted octanol–water partition coefficient (Wildman–Crippen LogP) is 5.82. The second-order valence-corrected chi connectivity index (χ2v) is 9.44. The Morgan fingerprint density at radius 2 is 1.86 bits per heavy atom. The summed E-state index contributed by atoms with van der Waals surface area (Å²) in [6, 6.07) is 5.97. The first-order valence-corrected chi connectivity index (χ1v) is 10.6. The summed E-state index contributed by atoms with van der Waals surface area (Å²) in [6.45, 7) is 8.77. The molecule has 0 amide bonds. The number of benzene rings is 1. The van der Waals surface area contributed by atoms with Gasteiger partial charge < -0.3 is 14.2 Å². The van der Waals surface area contributed by atoms with Crippen LogP contribution in [0.4, 0.5) is 0 Å². The molecule has 1 aromatic carbocycles. The van der Waals surface area contributed by atoms with Crippen LogP contribution < -0.4 is 9.47 Å². The highest BCUT2D eigenvalue weighted by molar-refractivity contribution is 5.78. The topological polar surface area (TPSA) is 44.8 Å². The average molecular weight is 385 g/mol. The average Bonchev–Trinajstić information content (AvgIpc) is 3.01. The van der Waals surface area contributed by atoms with Crippen molar-refractivity contribution < 1.29 is 19.0 Å². The largest absolute Gasteiger partial charge is 0.457 e. The lowest BCUT2D eigenvalue weighted by atomic mass is 9.82. The molecular weight excluding hydrogens is 352 g/mol. The van der Waals surface area contributed by atoms with Crippen molar-refractivity contribution in [2.75, 3.05) is 6.79 Å². The summed E-state index contributed by atoms with van der Waals surface area (Å²) in [6.07, 6.45) is 7.93. The van der Waals surface area contributed by atoms with E-state index < -0.39 is 0 Å². The Hall–Kier alpha value is -1.97. The van der Waals surface area contributed by atoms with Gasteiger partial charge in [0.15, 0.2) is 11.5 Å². The lowest BCUT2D eigenvalue weighted by Gasteiger charge is -2.30. The Labute approximate surface area is 168 Å². The summed E-state index contributed by atoms with van der Waals surface area (Å²) in [5, 5.41) is 0. The van der Waals surface area contributed by atoms with Gasteiger partial charge in [0.05, 0.1) is 5.92 Å². The van der Waals surface area contributed by atoms with E-state index in [0.29, 0.717) is 5.92 Å². The molecule has 1 heterocycles. The highest BCUT2D eigenvalue weighted by Gasteiger charge is 2.61. The van der Waals surface area contributed by atoms with Crippen molar-refractivity contribution in [2.24, 2.45) is 23.2 Å². The summed E-state index contributed by atoms with van der Waals surface area (Å²) < 4.78 is 17.3. The van der Waals surface area contributed by atoms with Gasteiger partial charge >= 0.3 is 5.97 Å². The van der Waals surface area contributed by atoms with Crippen molar-refractivity contribution in [1.29, 1.82) is 0 Å². The Balaban J connectivity index is 1.56. The predicted molar refractivity (Wildman–Crippen MR) is 108 cm³/mol. The third-order valence-corrected chi connectivity index (χ3v) is 6.72. The van der Waals surface area contributed by atoms with Crippen LogP contribution in [0.15, 0.2) is 29.8 Å². The summed E-state index contributed by atoms with van der Waals surface area (Å²) in [7, 11) is 0. The quantitative estimate of drug-likeness (QED) is 0.474. The van der Waals surface area contributed by atoms with E-state index in [1.54, 1.807) is 0 Å². The third kappa shape index (κ3) is 3.66. The molecule has 0 saturated heterocycles. The molecule has 0 radical (unpaired) electrons. The van der Waals surface area contributed by atoms with E-state index in [-0.39, 0.29) is 36.1 Å². The van der Waals surface area contributed by atoms with Gasteiger partial charge in [0.1, 0.15) is 6.10 Å². The van der Waals surface area contributed by atoms with E-state index in [1.807, 2.05) is 18.2 Å². The lowest BCUT2D eigenvalue weighted by Crippen LogP contribution is -2.23. The number of allylic oxidation sites excluding steroid dienone is 2. The van der Waals surface area contributed by atoms with Gasteiger partial charge in [-0.2, -0.15) is 0 Å². The number of hydrogen-bond acceptors (Lipinski definition) is 4. The Morgan fingerprint density at radius 1 is 1.14 bits per heavy atom. The maximum absolute atomic E-state index is 13.2. The van der Waals surface area contributed by atoms with Crippen LogP contribution in [0.25, 0.3) is 0 Å². The molecule has 2 fully saturated rings. The van der Waals surface area contributed by atoms with E-state index in [0.717, 1.165) is 29.9 Å². The van der Waals surface area contributed by atoms with Crippen LogP contribution in [-0.2, 0) is 9.53 Å². The first-order valence-electron chi connectivity index (χ1n) is 10.6. The summed E-state index contributed by atoms with van der Waals surface area (Å²) >= 11 is 0. The fourth-order valence-corrected chi connectivity index (χ4v) is 4.96. The fourth-order valence-electron chi connectivity index (χ4n) is 4.96. The molecule has 2 saturated carbocycles. The minimum atomic E-state index is -0.203. The van der Waals surface area contributed by atoms with Crippen molar-refractivity contribution >= 4 is 5.97 Å². The zero-order valence-electron chi connectivity index (χ0n) is 17.5. The van der Waals surface area contributed by atoms with Crippen molar-refractivity contribution in [2.45, 2.75) is 65.9 Å². The van der Waals surface area contributed by atoms with Gasteiger partial charge in [-0.1, -0.05) is 50.8 Å². The number of fused-ring (bicyclic) bond motifs is 1. The zero-order valence-corrected chi connectivity index (χ0v) is 17.5. The number of ether oxygens (including phenoxy) is 3. The van der Waals surface area contributed by atoms with E-state index in [2.05, 4.69) is 33.8 Å². The van der Waals surface area contributed by atoms with Crippen LogP contribution in [0.1, 0.15) is 71.5 Å². The van der Waals surface area contributed by atoms with E-state index >= 15 is 0 Å². The van der Waals surface area contributed by atoms with Crippen LogP contribution in [0, 0.1) is 23.2 Å². The summed E-state index contributed by atoms with van der Waals surface area (Å²) in [4.78, 5) is 13.2. The maximum Gasteiger partial charge on any atom is 0.310 e. The van der Waals surface area contributed by atoms with E-state index in [4.69, 9.17) is 14.2 Å². The summed E-state index contributed by atoms with van der Waals surface area (Å²) in [5.41, 5.74) is 2.26. The van der Waals surface area contributed by atoms with Crippen LogP contribution >= 0.6 is 0 Å². The number of carbonyl (C=O) groups is 1. The van der Waals surface area contributed by atoms with Gasteiger partial charge in [-0.15, -0.1) is 0 Å². The highest BCUT2D eigenvalue weighted by atomic mass is 16.7. The Bertz CT molecular complexity index is 769. The molecule has 3 atom stereocenters. The SMILES string of the molecule is CC(C)=CC1C(C(=O)OC(c2ccc3c(c2)OCO3)C2CCCCC2)C1(C)C. The van der Waals surface area contributed by atoms with Crippen LogP contribution in [-0.4, -0.2) is 12.8 Å². The third-order valence-electron chi connectivity index (χ3n) is 6.72. The molecule has 0 bridgehead atoms. The maximum atomic E-state index is 13.2. The van der Waals surface area contributed by atoms with Crippen molar-refractivity contribution in [3.05, 3.63) is 35.4 Å². The molecule has 1 aliphatic heterocycles. The first kappa shape index (κ1) is 19.4. The van der Waals surface area contributed by atoms with Crippen molar-refractivity contribution in [3.8, 4) is 11.5 Å². The van der Waals surface area contributed by atoms with Crippen LogP contribution in [0.2, 0.25) is 0 Å². The molecule has 0 N–H and O–H groups in total. The van der Waals surface area contributed by atoms with Gasteiger partial charge in [0.2, 0.25) is 6.79 Å². The molecule has 28 heavy (non-hydrogen) atoms. The Morgan fingerprint density at radius 3 is 2.57 bits per heavy atom. The van der Waals surface area contributed by atoms with Crippen molar-refractivity contribution in [3.63, 3.8) is 0 Å². The molecular formula is C24H32O4. The molecule has 4 rings (SSSR count). The number of hydrogen-bond donors (Lipinski definition) is 0. The molecule has 152 valence electrons. The van der Waals surface area contributed by atoms with Gasteiger partial charge in [-0.25, -0.2) is 0 Å². The molecule has 2 aliphatic carbocycles. The Kier molecular flexibility index (Phi) is 5.15. The molecule has 1 aromatic rings. The second kappa shape index (κ2) is 7.46. The van der Waals surface area contributed by atoms with Gasteiger partial charge in [0, 0.05) is 5.92 Å². The molecule has 3 unspecified atom stereocenters. The smallest absolute Gasteiger partial charge is 0.310 e. The van der Waals surface area contributed by atoms with Crippen molar-refractivity contribution in [1.82, 2.24) is 0 Å². The normalized spacial score (nSPS) is 26.4. The van der Waals surface area contributed by atoms with Crippen LogP contribution in [0.5, 0.6) is 11.5 Å².